The Morgan fingerprint density at radius 2 is 1.61 bits per heavy atom. The zero-order valence-corrected chi connectivity index (χ0v) is 19.4. The lowest BCUT2D eigenvalue weighted by Gasteiger charge is -2.25. The number of amides is 1. The predicted octanol–water partition coefficient (Wildman–Crippen LogP) is 5.18. The number of fused-ring (bicyclic) bond motifs is 1. The van der Waals surface area contributed by atoms with E-state index in [1.165, 1.54) is 38.6 Å². The highest BCUT2D eigenvalue weighted by Gasteiger charge is 2.44. The number of para-hydroxylation sites is 1. The first-order chi connectivity index (χ1) is 17.2. The molecule has 1 amide bonds. The Morgan fingerprint density at radius 1 is 0.944 bits per heavy atom. The van der Waals surface area contributed by atoms with Crippen molar-refractivity contribution < 1.29 is 32.2 Å². The van der Waals surface area contributed by atoms with E-state index >= 15 is 0 Å². The number of nitrogens with zero attached hydrogens (tertiary/aromatic N) is 2. The van der Waals surface area contributed by atoms with Gasteiger partial charge in [-0.05, 0) is 29.8 Å². The summed E-state index contributed by atoms with van der Waals surface area (Å²) in [6.45, 7) is 0. The number of hydrogen-bond donors (Lipinski definition) is 2. The van der Waals surface area contributed by atoms with Crippen LogP contribution in [-0.4, -0.2) is 37.2 Å². The molecule has 4 rings (SSSR count). The van der Waals surface area contributed by atoms with Crippen molar-refractivity contribution in [2.24, 2.45) is 0 Å². The number of ether oxygens (including phenoxy) is 3. The molecule has 0 aliphatic heterocycles. The maximum Gasteiger partial charge on any atom is 0.418 e. The minimum Gasteiger partial charge on any atom is -0.492 e. The van der Waals surface area contributed by atoms with Crippen LogP contribution in [-0.2, 0) is 6.18 Å². The van der Waals surface area contributed by atoms with Gasteiger partial charge in [0.2, 0.25) is 11.7 Å². The Kier molecular flexibility index (Phi) is 6.56. The summed E-state index contributed by atoms with van der Waals surface area (Å²) >= 11 is 0. The van der Waals surface area contributed by atoms with Crippen LogP contribution in [0.1, 0.15) is 15.9 Å². The molecular formula is C25H21F3N4O4. The molecule has 1 heterocycles. The molecule has 0 fully saturated rings. The summed E-state index contributed by atoms with van der Waals surface area (Å²) in [5.74, 6) is -1.86. The highest BCUT2D eigenvalue weighted by molar-refractivity contribution is 6.10. The van der Waals surface area contributed by atoms with Gasteiger partial charge in [-0.2, -0.15) is 13.2 Å². The van der Waals surface area contributed by atoms with Gasteiger partial charge in [-0.1, -0.05) is 24.3 Å². The number of hydrogen-bond acceptors (Lipinski definition) is 7. The fraction of sp³-hybridized carbons (Fsp3) is 0.160. The quantitative estimate of drug-likeness (QED) is 0.377. The highest BCUT2D eigenvalue weighted by atomic mass is 19.4. The van der Waals surface area contributed by atoms with Gasteiger partial charge in [-0.3, -0.25) is 4.79 Å². The maximum absolute atomic E-state index is 14.8. The lowest BCUT2D eigenvalue weighted by Crippen LogP contribution is -2.22. The first kappa shape index (κ1) is 24.6. The number of alkyl halides is 3. The van der Waals surface area contributed by atoms with Gasteiger partial charge in [0, 0.05) is 22.8 Å². The van der Waals surface area contributed by atoms with Crippen molar-refractivity contribution >= 4 is 28.4 Å². The van der Waals surface area contributed by atoms with E-state index in [4.69, 9.17) is 19.9 Å². The highest BCUT2D eigenvalue weighted by Crippen LogP contribution is 2.54. The summed E-state index contributed by atoms with van der Waals surface area (Å²) in [4.78, 5) is 21.3. The normalized spacial score (nSPS) is 11.3. The molecule has 3 aromatic carbocycles. The van der Waals surface area contributed by atoms with Crippen LogP contribution in [0.3, 0.4) is 0 Å². The SMILES string of the molecule is COc1c(OC)c(C(=O)Nc2ccccc2)c(C(F)(F)F)c(-c2ccc3nc(N)ncc3c2)c1OC. The molecule has 0 aliphatic carbocycles. The van der Waals surface area contributed by atoms with Crippen molar-refractivity contribution in [1.82, 2.24) is 9.97 Å². The fourth-order valence-electron chi connectivity index (χ4n) is 3.95. The summed E-state index contributed by atoms with van der Waals surface area (Å²) < 4.78 is 60.3. The first-order valence-corrected chi connectivity index (χ1v) is 10.5. The van der Waals surface area contributed by atoms with Crippen LogP contribution in [0, 0.1) is 0 Å². The lowest BCUT2D eigenvalue weighted by atomic mass is 9.91. The van der Waals surface area contributed by atoms with Gasteiger partial charge >= 0.3 is 6.18 Å². The Labute approximate surface area is 203 Å². The smallest absolute Gasteiger partial charge is 0.418 e. The topological polar surface area (TPSA) is 109 Å². The number of anilines is 2. The number of nitrogen functional groups attached to an aromatic ring is 1. The molecule has 186 valence electrons. The Balaban J connectivity index is 2.08. The largest absolute Gasteiger partial charge is 0.492 e. The molecule has 11 heteroatoms. The van der Waals surface area contributed by atoms with Crippen LogP contribution in [0.25, 0.3) is 22.0 Å². The second-order valence-corrected chi connectivity index (χ2v) is 7.54. The third-order valence-corrected chi connectivity index (χ3v) is 5.41. The van der Waals surface area contributed by atoms with Crippen molar-refractivity contribution in [2.45, 2.75) is 6.18 Å². The fourth-order valence-corrected chi connectivity index (χ4v) is 3.95. The molecule has 1 aromatic heterocycles. The van der Waals surface area contributed by atoms with E-state index in [1.54, 1.807) is 30.3 Å². The number of halogens is 3. The van der Waals surface area contributed by atoms with Crippen LogP contribution in [0.15, 0.2) is 54.7 Å². The number of methoxy groups -OCH3 is 3. The number of carbonyl (C=O) groups excluding carboxylic acids is 1. The monoisotopic (exact) mass is 498 g/mol. The van der Waals surface area contributed by atoms with Crippen LogP contribution in [0.4, 0.5) is 24.8 Å². The number of aromatic nitrogens is 2. The number of rotatable bonds is 6. The molecule has 0 radical (unpaired) electrons. The number of nitrogens with two attached hydrogens (primary N) is 1. The van der Waals surface area contributed by atoms with Gasteiger partial charge in [0.25, 0.3) is 5.91 Å². The van der Waals surface area contributed by atoms with E-state index in [2.05, 4.69) is 15.3 Å². The third kappa shape index (κ3) is 4.42. The zero-order chi connectivity index (χ0) is 26.0. The molecule has 0 bridgehead atoms. The van der Waals surface area contributed by atoms with Crippen LogP contribution in [0.2, 0.25) is 0 Å². The van der Waals surface area contributed by atoms with Crippen molar-refractivity contribution in [1.29, 1.82) is 0 Å². The van der Waals surface area contributed by atoms with Crippen molar-refractivity contribution in [3.63, 3.8) is 0 Å². The number of benzene rings is 3. The minimum atomic E-state index is -4.99. The molecule has 3 N–H and O–H groups in total. The van der Waals surface area contributed by atoms with Crippen LogP contribution in [0.5, 0.6) is 17.2 Å². The summed E-state index contributed by atoms with van der Waals surface area (Å²) in [5.41, 5.74) is 4.04. The first-order valence-electron chi connectivity index (χ1n) is 10.5. The predicted molar refractivity (Wildman–Crippen MR) is 128 cm³/mol. The third-order valence-electron chi connectivity index (χ3n) is 5.41. The van der Waals surface area contributed by atoms with Gasteiger partial charge in [0.1, 0.15) is 0 Å². The maximum atomic E-state index is 14.8. The van der Waals surface area contributed by atoms with E-state index in [0.29, 0.717) is 16.6 Å². The van der Waals surface area contributed by atoms with Gasteiger partial charge < -0.3 is 25.3 Å². The van der Waals surface area contributed by atoms with Gasteiger partial charge in [0.15, 0.2) is 11.5 Å². The Morgan fingerprint density at radius 3 is 2.22 bits per heavy atom. The van der Waals surface area contributed by atoms with Gasteiger partial charge in [-0.15, -0.1) is 0 Å². The van der Waals surface area contributed by atoms with Crippen molar-refractivity contribution in [3.05, 3.63) is 65.9 Å². The molecule has 36 heavy (non-hydrogen) atoms. The molecule has 0 atom stereocenters. The van der Waals surface area contributed by atoms with E-state index in [9.17, 15) is 18.0 Å². The Bertz CT molecular complexity index is 1440. The van der Waals surface area contributed by atoms with E-state index in [-0.39, 0.29) is 23.0 Å². The molecule has 0 spiro atoms. The molecule has 0 unspecified atom stereocenters. The van der Waals surface area contributed by atoms with Crippen molar-refractivity contribution in [2.75, 3.05) is 32.4 Å². The molecule has 4 aromatic rings. The minimum absolute atomic E-state index is 0.0230. The van der Waals surface area contributed by atoms with Gasteiger partial charge in [0.05, 0.1) is 38.0 Å². The summed E-state index contributed by atoms with van der Waals surface area (Å²) in [5, 5.41) is 2.93. The van der Waals surface area contributed by atoms with E-state index in [1.807, 2.05) is 0 Å². The second kappa shape index (κ2) is 9.61. The van der Waals surface area contributed by atoms with Crippen LogP contribution >= 0.6 is 0 Å². The standard InChI is InChI=1S/C25H21F3N4O4/c1-34-20-17(13-9-10-16-14(11-13)12-30-24(29)32-16)19(25(26,27)28)18(21(35-2)22(20)36-3)23(33)31-15-7-5-4-6-8-15/h4-12H,1-3H3,(H,31,33)(H2,29,30,32). The lowest BCUT2D eigenvalue weighted by molar-refractivity contribution is -0.137. The second-order valence-electron chi connectivity index (χ2n) is 7.54. The van der Waals surface area contributed by atoms with E-state index < -0.39 is 34.5 Å². The summed E-state index contributed by atoms with van der Waals surface area (Å²) in [7, 11) is 3.59. The number of nitrogens with one attached hydrogen (secondary N) is 1. The van der Waals surface area contributed by atoms with E-state index in [0.717, 1.165) is 7.11 Å². The van der Waals surface area contributed by atoms with Crippen LogP contribution < -0.4 is 25.3 Å². The zero-order valence-electron chi connectivity index (χ0n) is 19.4. The average Bonchev–Trinajstić information content (AvgIpc) is 2.86. The molecule has 0 saturated carbocycles. The summed E-state index contributed by atoms with van der Waals surface area (Å²) in [6, 6.07) is 12.5. The summed E-state index contributed by atoms with van der Waals surface area (Å²) in [6.07, 6.45) is -3.59. The number of carbonyl (C=O) groups is 1. The van der Waals surface area contributed by atoms with Crippen molar-refractivity contribution in [3.8, 4) is 28.4 Å². The molecule has 0 saturated heterocycles. The molecule has 0 aliphatic rings. The molecular weight excluding hydrogens is 477 g/mol. The van der Waals surface area contributed by atoms with Gasteiger partial charge in [-0.25, -0.2) is 9.97 Å². The average molecular weight is 498 g/mol. The molecule has 8 nitrogen and oxygen atoms in total. The Hall–Kier alpha value is -4.54.